The predicted octanol–water partition coefficient (Wildman–Crippen LogP) is 3.72. The van der Waals surface area contributed by atoms with Crippen molar-refractivity contribution in [3.05, 3.63) is 70.8 Å². The van der Waals surface area contributed by atoms with Crippen LogP contribution in [0.2, 0.25) is 0 Å². The van der Waals surface area contributed by atoms with E-state index in [1.54, 1.807) is 11.3 Å². The highest BCUT2D eigenvalue weighted by molar-refractivity contribution is 7.13. The van der Waals surface area contributed by atoms with E-state index >= 15 is 0 Å². The maximum Gasteiger partial charge on any atom is 0.169 e. The second kappa shape index (κ2) is 6.30. The van der Waals surface area contributed by atoms with Crippen LogP contribution >= 0.6 is 11.3 Å². The molecule has 4 aromatic heterocycles. The summed E-state index contributed by atoms with van der Waals surface area (Å²) in [7, 11) is 0. The molecule has 5 nitrogen and oxygen atoms in total. The zero-order valence-corrected chi connectivity index (χ0v) is 15.4. The summed E-state index contributed by atoms with van der Waals surface area (Å²) in [6.45, 7) is 4.88. The van der Waals surface area contributed by atoms with Crippen LogP contribution in [0, 0.1) is 6.92 Å². The van der Waals surface area contributed by atoms with Crippen molar-refractivity contribution in [1.82, 2.24) is 24.3 Å². The molecule has 0 bridgehead atoms. The molecule has 4 aromatic rings. The topological polar surface area (TPSA) is 46.3 Å². The van der Waals surface area contributed by atoms with Gasteiger partial charge in [0.1, 0.15) is 5.65 Å². The molecule has 0 atom stereocenters. The van der Waals surface area contributed by atoms with Crippen molar-refractivity contribution >= 4 is 17.0 Å². The van der Waals surface area contributed by atoms with Gasteiger partial charge in [-0.3, -0.25) is 4.90 Å². The van der Waals surface area contributed by atoms with Crippen LogP contribution in [0.15, 0.2) is 48.1 Å². The Hall–Kier alpha value is -2.57. The molecule has 0 amide bonds. The van der Waals surface area contributed by atoms with Gasteiger partial charge in [-0.2, -0.15) is 0 Å². The van der Waals surface area contributed by atoms with Crippen LogP contribution in [0.1, 0.15) is 22.6 Å². The number of rotatable bonds is 3. The number of thiophene rings is 1. The first-order valence-corrected chi connectivity index (χ1v) is 9.69. The zero-order chi connectivity index (χ0) is 17.5. The van der Waals surface area contributed by atoms with Gasteiger partial charge in [-0.1, -0.05) is 12.1 Å². The zero-order valence-electron chi connectivity index (χ0n) is 14.6. The summed E-state index contributed by atoms with van der Waals surface area (Å²) in [4.78, 5) is 17.7. The Kier molecular flexibility index (Phi) is 3.80. The maximum absolute atomic E-state index is 4.81. The van der Waals surface area contributed by atoms with E-state index < -0.39 is 0 Å². The summed E-state index contributed by atoms with van der Waals surface area (Å²) in [6, 6.07) is 10.3. The highest BCUT2D eigenvalue weighted by Crippen LogP contribution is 2.25. The van der Waals surface area contributed by atoms with Crippen molar-refractivity contribution in [2.75, 3.05) is 6.54 Å². The molecule has 1 aliphatic heterocycles. The molecule has 0 spiro atoms. The lowest BCUT2D eigenvalue weighted by Crippen LogP contribution is -2.31. The van der Waals surface area contributed by atoms with E-state index in [9.17, 15) is 0 Å². The number of imidazole rings is 1. The normalized spacial score (nSPS) is 14.7. The Morgan fingerprint density at radius 2 is 2.12 bits per heavy atom. The number of nitrogens with zero attached hydrogens (tertiary/aromatic N) is 5. The second-order valence-electron chi connectivity index (χ2n) is 6.68. The van der Waals surface area contributed by atoms with E-state index in [2.05, 4.69) is 56.0 Å². The Morgan fingerprint density at radius 3 is 3.00 bits per heavy atom. The van der Waals surface area contributed by atoms with Crippen LogP contribution in [0.4, 0.5) is 0 Å². The summed E-state index contributed by atoms with van der Waals surface area (Å²) in [5.74, 6) is 0.852. The van der Waals surface area contributed by atoms with E-state index in [4.69, 9.17) is 4.98 Å². The van der Waals surface area contributed by atoms with E-state index in [1.807, 2.05) is 18.3 Å². The van der Waals surface area contributed by atoms with E-state index in [0.717, 1.165) is 48.1 Å². The highest BCUT2D eigenvalue weighted by Gasteiger charge is 2.21. The summed E-state index contributed by atoms with van der Waals surface area (Å²) < 4.78 is 2.20. The molecule has 0 aromatic carbocycles. The third-order valence-corrected chi connectivity index (χ3v) is 5.82. The fraction of sp³-hybridized carbons (Fsp3) is 0.250. The van der Waals surface area contributed by atoms with Crippen LogP contribution < -0.4 is 0 Å². The minimum Gasteiger partial charge on any atom is -0.302 e. The highest BCUT2D eigenvalue weighted by atomic mass is 32.1. The molecule has 1 aliphatic rings. The van der Waals surface area contributed by atoms with Crippen LogP contribution in [0.3, 0.4) is 0 Å². The third-order valence-electron chi connectivity index (χ3n) is 4.96. The fourth-order valence-electron chi connectivity index (χ4n) is 3.60. The number of hydrogen-bond acceptors (Lipinski definition) is 5. The van der Waals surface area contributed by atoms with Crippen LogP contribution in [-0.4, -0.2) is 30.8 Å². The lowest BCUT2D eigenvalue weighted by Gasteiger charge is -2.28. The number of hydrogen-bond donors (Lipinski definition) is 0. The van der Waals surface area contributed by atoms with Gasteiger partial charge >= 0.3 is 0 Å². The molecular weight excluding hydrogens is 342 g/mol. The summed E-state index contributed by atoms with van der Waals surface area (Å²) in [5.41, 5.74) is 5.81. The fourth-order valence-corrected chi connectivity index (χ4v) is 4.27. The molecular formula is C20H19N5S. The van der Waals surface area contributed by atoms with Gasteiger partial charge in [0.25, 0.3) is 0 Å². The van der Waals surface area contributed by atoms with E-state index in [1.165, 1.54) is 17.0 Å². The minimum absolute atomic E-state index is 0.852. The lowest BCUT2D eigenvalue weighted by atomic mass is 10.1. The second-order valence-corrected chi connectivity index (χ2v) is 7.62. The first kappa shape index (κ1) is 15.7. The monoisotopic (exact) mass is 361 g/mol. The first-order valence-electron chi connectivity index (χ1n) is 8.81. The molecule has 5 rings (SSSR count). The number of pyridine rings is 1. The number of aromatic nitrogens is 4. The van der Waals surface area contributed by atoms with Crippen LogP contribution in [0.5, 0.6) is 0 Å². The van der Waals surface area contributed by atoms with Crippen LogP contribution in [-0.2, 0) is 19.5 Å². The third kappa shape index (κ3) is 2.71. The van der Waals surface area contributed by atoms with Crippen LogP contribution in [0.25, 0.3) is 16.3 Å². The molecule has 5 heterocycles. The number of fused-ring (bicyclic) bond motifs is 2. The van der Waals surface area contributed by atoms with Crippen molar-refractivity contribution in [1.29, 1.82) is 0 Å². The predicted molar refractivity (Wildman–Crippen MR) is 103 cm³/mol. The molecule has 0 saturated heterocycles. The molecule has 0 unspecified atom stereocenters. The average Bonchev–Trinajstić information content (AvgIpc) is 3.30. The summed E-state index contributed by atoms with van der Waals surface area (Å²) in [6.07, 6.45) is 5.07. The van der Waals surface area contributed by atoms with Gasteiger partial charge in [0, 0.05) is 44.0 Å². The van der Waals surface area contributed by atoms with Gasteiger partial charge in [-0.25, -0.2) is 15.0 Å². The van der Waals surface area contributed by atoms with E-state index in [-0.39, 0.29) is 0 Å². The average molecular weight is 361 g/mol. The van der Waals surface area contributed by atoms with Crippen molar-refractivity contribution in [3.63, 3.8) is 0 Å². The summed E-state index contributed by atoms with van der Waals surface area (Å²) >= 11 is 1.69. The molecule has 26 heavy (non-hydrogen) atoms. The standard InChI is InChI=1S/C20H19N5S/c1-14-17(25-8-3-2-6-19(25)22-14)13-24-9-7-16-15(12-24)11-21-20(23-16)18-5-4-10-26-18/h2-6,8,10-11H,7,9,12-13H2,1H3. The quantitative estimate of drug-likeness (QED) is 0.558. The van der Waals surface area contributed by atoms with Crippen molar-refractivity contribution < 1.29 is 0 Å². The maximum atomic E-state index is 4.81. The smallest absolute Gasteiger partial charge is 0.169 e. The Bertz CT molecular complexity index is 1070. The summed E-state index contributed by atoms with van der Waals surface area (Å²) in [5, 5.41) is 2.07. The molecule has 0 fully saturated rings. The van der Waals surface area contributed by atoms with Gasteiger partial charge in [-0.05, 0) is 30.5 Å². The van der Waals surface area contributed by atoms with E-state index in [0.29, 0.717) is 0 Å². The van der Waals surface area contributed by atoms with Crippen molar-refractivity contribution in [3.8, 4) is 10.7 Å². The van der Waals surface area contributed by atoms with Gasteiger partial charge in [0.15, 0.2) is 5.82 Å². The van der Waals surface area contributed by atoms with Gasteiger partial charge in [0.05, 0.1) is 22.0 Å². The van der Waals surface area contributed by atoms with Gasteiger partial charge in [-0.15, -0.1) is 11.3 Å². The molecule has 6 heteroatoms. The molecule has 130 valence electrons. The lowest BCUT2D eigenvalue weighted by molar-refractivity contribution is 0.239. The van der Waals surface area contributed by atoms with Crippen molar-refractivity contribution in [2.24, 2.45) is 0 Å². The Morgan fingerprint density at radius 1 is 1.15 bits per heavy atom. The molecule has 0 saturated carbocycles. The van der Waals surface area contributed by atoms with Gasteiger partial charge < -0.3 is 4.40 Å². The SMILES string of the molecule is Cc1nc2ccccn2c1CN1CCc2nc(-c3cccs3)ncc2C1. The largest absolute Gasteiger partial charge is 0.302 e. The number of aryl methyl sites for hydroxylation is 1. The molecule has 0 radical (unpaired) electrons. The molecule has 0 aliphatic carbocycles. The van der Waals surface area contributed by atoms with Crippen molar-refractivity contribution in [2.45, 2.75) is 26.4 Å². The first-order chi connectivity index (χ1) is 12.8. The minimum atomic E-state index is 0.852. The van der Waals surface area contributed by atoms with Gasteiger partial charge in [0.2, 0.25) is 0 Å². The Labute approximate surface area is 156 Å². The molecule has 0 N–H and O–H groups in total. The Balaban J connectivity index is 1.40.